The van der Waals surface area contributed by atoms with Crippen LogP contribution in [0.25, 0.3) is 54.2 Å². The van der Waals surface area contributed by atoms with Gasteiger partial charge in [-0.15, -0.1) is 0 Å². The maximum absolute atomic E-state index is 4.71. The normalized spacial score (nSPS) is 12.7. The number of nitrogens with zero attached hydrogens (tertiary/aromatic N) is 2. The van der Waals surface area contributed by atoms with Crippen LogP contribution in [0, 0.1) is 0 Å². The summed E-state index contributed by atoms with van der Waals surface area (Å²) in [5.41, 5.74) is 8.92. The highest BCUT2D eigenvalue weighted by Gasteiger charge is 2.24. The summed E-state index contributed by atoms with van der Waals surface area (Å²) < 4.78 is 0. The number of anilines is 3. The minimum atomic E-state index is 1.01. The van der Waals surface area contributed by atoms with Crippen molar-refractivity contribution in [1.82, 2.24) is 4.98 Å². The van der Waals surface area contributed by atoms with E-state index in [4.69, 9.17) is 4.98 Å². The summed E-state index contributed by atoms with van der Waals surface area (Å²) in [4.78, 5) is 9.64. The van der Waals surface area contributed by atoms with Gasteiger partial charge in [-0.3, -0.25) is 4.98 Å². The zero-order valence-electron chi connectivity index (χ0n) is 27.4. The molecule has 0 bridgehead atoms. The third kappa shape index (κ3) is 4.69. The van der Waals surface area contributed by atoms with E-state index in [1.54, 1.807) is 0 Å². The molecular formula is C47H32N2S. The molecule has 1 aliphatic heterocycles. The number of rotatable bonds is 4. The van der Waals surface area contributed by atoms with E-state index in [9.17, 15) is 0 Å². The van der Waals surface area contributed by atoms with Gasteiger partial charge < -0.3 is 4.90 Å². The molecule has 50 heavy (non-hydrogen) atoms. The number of pyridine rings is 1. The Morgan fingerprint density at radius 1 is 0.480 bits per heavy atom. The van der Waals surface area contributed by atoms with Crippen molar-refractivity contribution in [3.05, 3.63) is 181 Å². The minimum absolute atomic E-state index is 1.01. The molecule has 236 valence electrons. The second-order valence-electron chi connectivity index (χ2n) is 13.1. The summed E-state index contributed by atoms with van der Waals surface area (Å²) in [5, 5.41) is 9.94. The molecule has 0 amide bonds. The summed E-state index contributed by atoms with van der Waals surface area (Å²) in [5.74, 6) is 0. The fourth-order valence-electron chi connectivity index (χ4n) is 7.98. The Bertz CT molecular complexity index is 2690. The summed E-state index contributed by atoms with van der Waals surface area (Å²) in [6, 6.07) is 57.8. The molecule has 1 aromatic heterocycles. The molecule has 0 N–H and O–H groups in total. The predicted octanol–water partition coefficient (Wildman–Crippen LogP) is 13.1. The highest BCUT2D eigenvalue weighted by molar-refractivity contribution is 7.99. The second kappa shape index (κ2) is 11.9. The zero-order valence-corrected chi connectivity index (χ0v) is 28.2. The van der Waals surface area contributed by atoms with Gasteiger partial charge in [0.05, 0.1) is 5.69 Å². The molecule has 1 aliphatic rings. The molecule has 0 saturated carbocycles. The molecule has 0 spiro atoms. The van der Waals surface area contributed by atoms with E-state index in [2.05, 4.69) is 169 Å². The van der Waals surface area contributed by atoms with Gasteiger partial charge in [0.1, 0.15) is 0 Å². The van der Waals surface area contributed by atoms with Gasteiger partial charge in [0.25, 0.3) is 0 Å². The fourth-order valence-corrected chi connectivity index (χ4v) is 9.10. The Balaban J connectivity index is 1.19. The molecule has 0 saturated heterocycles. The van der Waals surface area contributed by atoms with Gasteiger partial charge in [-0.25, -0.2) is 0 Å². The van der Waals surface area contributed by atoms with E-state index in [0.29, 0.717) is 0 Å². The van der Waals surface area contributed by atoms with Crippen LogP contribution in [0.15, 0.2) is 180 Å². The monoisotopic (exact) mass is 656 g/mol. The van der Waals surface area contributed by atoms with Gasteiger partial charge in [-0.05, 0) is 115 Å². The van der Waals surface area contributed by atoms with Crippen LogP contribution < -0.4 is 4.90 Å². The maximum Gasteiger partial charge on any atom is 0.0505 e. The average molecular weight is 657 g/mol. The molecular weight excluding hydrogens is 625 g/mol. The van der Waals surface area contributed by atoms with Gasteiger partial charge in [0, 0.05) is 38.9 Å². The number of fused-ring (bicyclic) bond motifs is 7. The molecule has 10 rings (SSSR count). The lowest BCUT2D eigenvalue weighted by Gasteiger charge is -2.27. The maximum atomic E-state index is 4.71. The SMILES string of the molecule is c1ccc(N2c3ccccc3CCc3ccc(Sc4c5ccccc5c(-c5cc6ccccc6c6ccccc56)c5cnccc45)cc32)cc1. The molecule has 8 aromatic carbocycles. The molecule has 0 aliphatic carbocycles. The standard InChI is InChI=1S/C47H32N2S/c1-2-14-34(15-3-1)49-44-21-11-5-12-31(44)22-23-32-24-25-35(29-45(32)49)50-47-40-20-10-9-19-39(40)46(43-30-48-27-26-41(43)47)42-28-33-13-4-6-16-36(33)37-17-7-8-18-38(37)42/h1-21,24-30H,22-23H2. The van der Waals surface area contributed by atoms with Crippen molar-refractivity contribution < 1.29 is 0 Å². The Labute approximate surface area is 295 Å². The van der Waals surface area contributed by atoms with Crippen LogP contribution in [-0.4, -0.2) is 4.98 Å². The summed E-state index contributed by atoms with van der Waals surface area (Å²) >= 11 is 1.86. The number of aromatic nitrogens is 1. The first-order valence-corrected chi connectivity index (χ1v) is 18.1. The van der Waals surface area contributed by atoms with Gasteiger partial charge in [-0.2, -0.15) is 0 Å². The van der Waals surface area contributed by atoms with Crippen molar-refractivity contribution in [3.63, 3.8) is 0 Å². The number of aryl methyl sites for hydroxylation is 2. The van der Waals surface area contributed by atoms with Crippen molar-refractivity contribution in [3.8, 4) is 11.1 Å². The van der Waals surface area contributed by atoms with Crippen LogP contribution in [0.3, 0.4) is 0 Å². The lowest BCUT2D eigenvalue weighted by molar-refractivity contribution is 0.976. The Hall–Kier alpha value is -5.90. The summed E-state index contributed by atoms with van der Waals surface area (Å²) in [6.45, 7) is 0. The summed E-state index contributed by atoms with van der Waals surface area (Å²) in [6.07, 6.45) is 6.03. The van der Waals surface area contributed by atoms with Crippen molar-refractivity contribution in [2.75, 3.05) is 4.90 Å². The summed E-state index contributed by atoms with van der Waals surface area (Å²) in [7, 11) is 0. The van der Waals surface area contributed by atoms with Crippen LogP contribution in [0.1, 0.15) is 11.1 Å². The van der Waals surface area contributed by atoms with Gasteiger partial charge in [0.15, 0.2) is 0 Å². The molecule has 0 unspecified atom stereocenters. The average Bonchev–Trinajstić information content (AvgIpc) is 3.35. The van der Waals surface area contributed by atoms with E-state index >= 15 is 0 Å². The number of benzene rings is 8. The van der Waals surface area contributed by atoms with E-state index < -0.39 is 0 Å². The minimum Gasteiger partial charge on any atom is -0.310 e. The fraction of sp³-hybridized carbons (Fsp3) is 0.0426. The Morgan fingerprint density at radius 2 is 1.14 bits per heavy atom. The lowest BCUT2D eigenvalue weighted by atomic mass is 9.88. The molecule has 0 atom stereocenters. The molecule has 2 nitrogen and oxygen atoms in total. The molecule has 3 heteroatoms. The molecule has 9 aromatic rings. The highest BCUT2D eigenvalue weighted by atomic mass is 32.2. The topological polar surface area (TPSA) is 16.1 Å². The van der Waals surface area contributed by atoms with E-state index in [0.717, 1.165) is 12.8 Å². The number of hydrogen-bond donors (Lipinski definition) is 0. The first-order chi connectivity index (χ1) is 24.8. The van der Waals surface area contributed by atoms with Gasteiger partial charge in [-0.1, -0.05) is 127 Å². The first kappa shape index (κ1) is 29.1. The lowest BCUT2D eigenvalue weighted by Crippen LogP contribution is -2.11. The van der Waals surface area contributed by atoms with E-state index in [-0.39, 0.29) is 0 Å². The first-order valence-electron chi connectivity index (χ1n) is 17.2. The zero-order chi connectivity index (χ0) is 33.0. The molecule has 2 heterocycles. The smallest absolute Gasteiger partial charge is 0.0505 e. The van der Waals surface area contributed by atoms with Crippen LogP contribution >= 0.6 is 11.8 Å². The predicted molar refractivity (Wildman–Crippen MR) is 212 cm³/mol. The Kier molecular flexibility index (Phi) is 6.92. The van der Waals surface area contributed by atoms with Crippen LogP contribution in [0.4, 0.5) is 17.1 Å². The third-order valence-corrected chi connectivity index (χ3v) is 11.4. The van der Waals surface area contributed by atoms with Crippen molar-refractivity contribution in [2.24, 2.45) is 0 Å². The highest BCUT2D eigenvalue weighted by Crippen LogP contribution is 2.49. The van der Waals surface area contributed by atoms with Crippen LogP contribution in [0.5, 0.6) is 0 Å². The quantitative estimate of drug-likeness (QED) is 0.139. The second-order valence-corrected chi connectivity index (χ2v) is 14.1. The van der Waals surface area contributed by atoms with Crippen molar-refractivity contribution >= 4 is 71.9 Å². The number of para-hydroxylation sites is 2. The number of hydrogen-bond acceptors (Lipinski definition) is 3. The van der Waals surface area contributed by atoms with Gasteiger partial charge >= 0.3 is 0 Å². The van der Waals surface area contributed by atoms with Crippen LogP contribution in [0.2, 0.25) is 0 Å². The van der Waals surface area contributed by atoms with E-state index in [1.165, 1.54) is 92.2 Å². The van der Waals surface area contributed by atoms with E-state index in [1.807, 2.05) is 18.0 Å². The molecule has 0 fully saturated rings. The Morgan fingerprint density at radius 3 is 2.00 bits per heavy atom. The van der Waals surface area contributed by atoms with Crippen molar-refractivity contribution in [2.45, 2.75) is 22.6 Å². The van der Waals surface area contributed by atoms with Gasteiger partial charge in [0.2, 0.25) is 0 Å². The van der Waals surface area contributed by atoms with Crippen LogP contribution in [-0.2, 0) is 12.8 Å². The van der Waals surface area contributed by atoms with Crippen molar-refractivity contribution in [1.29, 1.82) is 0 Å². The largest absolute Gasteiger partial charge is 0.310 e. The third-order valence-electron chi connectivity index (χ3n) is 10.2. The molecule has 0 radical (unpaired) electrons.